The zero-order chi connectivity index (χ0) is 20.1. The highest BCUT2D eigenvalue weighted by Crippen LogP contribution is 2.23. The van der Waals surface area contributed by atoms with Crippen LogP contribution < -0.4 is 10.6 Å². The van der Waals surface area contributed by atoms with E-state index in [-0.39, 0.29) is 18.0 Å². The Kier molecular flexibility index (Phi) is 6.37. The molecule has 0 aliphatic carbocycles. The maximum absolute atomic E-state index is 13.7. The highest BCUT2D eigenvalue weighted by molar-refractivity contribution is 8.00. The first kappa shape index (κ1) is 20.0. The molecule has 28 heavy (non-hydrogen) atoms. The van der Waals surface area contributed by atoms with Crippen LogP contribution in [0.3, 0.4) is 0 Å². The first-order valence-electron chi connectivity index (χ1n) is 8.23. The van der Waals surface area contributed by atoms with Gasteiger partial charge in [-0.15, -0.1) is 21.5 Å². The van der Waals surface area contributed by atoms with Crippen LogP contribution in [0.25, 0.3) is 0 Å². The van der Waals surface area contributed by atoms with Gasteiger partial charge in [0.2, 0.25) is 5.91 Å². The molecule has 0 saturated heterocycles. The van der Waals surface area contributed by atoms with Crippen molar-refractivity contribution in [3.05, 3.63) is 53.0 Å². The normalized spacial score (nSPS) is 11.8. The van der Waals surface area contributed by atoms with Crippen molar-refractivity contribution in [3.63, 3.8) is 0 Å². The fraction of sp³-hybridized carbons (Fsp3) is 0.235. The van der Waals surface area contributed by atoms with Crippen LogP contribution in [-0.2, 0) is 18.4 Å². The van der Waals surface area contributed by atoms with Crippen molar-refractivity contribution in [1.82, 2.24) is 25.1 Å². The minimum Gasteiger partial charge on any atom is -0.345 e. The van der Waals surface area contributed by atoms with E-state index in [0.29, 0.717) is 16.1 Å². The average molecular weight is 420 g/mol. The lowest BCUT2D eigenvalue weighted by Crippen LogP contribution is -2.25. The summed E-state index contributed by atoms with van der Waals surface area (Å²) in [7, 11) is 1.73. The number of halogens is 1. The van der Waals surface area contributed by atoms with E-state index in [1.807, 2.05) is 0 Å². The number of anilines is 1. The Labute approximate surface area is 168 Å². The summed E-state index contributed by atoms with van der Waals surface area (Å²) in [5, 5.41) is 15.9. The number of nitrogens with one attached hydrogen (secondary N) is 2. The smallest absolute Gasteiger partial charge is 0.254 e. The molecule has 0 aliphatic rings. The zero-order valence-electron chi connectivity index (χ0n) is 15.0. The van der Waals surface area contributed by atoms with E-state index in [9.17, 15) is 14.0 Å². The van der Waals surface area contributed by atoms with Gasteiger partial charge in [-0.05, 0) is 19.1 Å². The first-order valence-corrected chi connectivity index (χ1v) is 9.99. The van der Waals surface area contributed by atoms with Crippen molar-refractivity contribution in [1.29, 1.82) is 0 Å². The highest BCUT2D eigenvalue weighted by atomic mass is 32.2. The summed E-state index contributed by atoms with van der Waals surface area (Å²) in [6.45, 7) is 1.83. The lowest BCUT2D eigenvalue weighted by Gasteiger charge is -2.10. The van der Waals surface area contributed by atoms with Crippen molar-refractivity contribution in [2.24, 2.45) is 7.05 Å². The Morgan fingerprint density at radius 3 is 2.82 bits per heavy atom. The van der Waals surface area contributed by atoms with Crippen LogP contribution in [0.15, 0.2) is 41.0 Å². The summed E-state index contributed by atoms with van der Waals surface area (Å²) < 4.78 is 15.3. The summed E-state index contributed by atoms with van der Waals surface area (Å²) in [5.41, 5.74) is -0.0354. The van der Waals surface area contributed by atoms with Gasteiger partial charge in [-0.25, -0.2) is 9.37 Å². The van der Waals surface area contributed by atoms with Crippen LogP contribution in [0.5, 0.6) is 0 Å². The molecule has 0 unspecified atom stereocenters. The quantitative estimate of drug-likeness (QED) is 0.570. The zero-order valence-corrected chi connectivity index (χ0v) is 16.7. The molecule has 1 atom stereocenters. The average Bonchev–Trinajstić information content (AvgIpc) is 3.31. The number of nitrogens with zero attached hydrogens (tertiary/aromatic N) is 4. The van der Waals surface area contributed by atoms with Crippen LogP contribution in [0, 0.1) is 5.82 Å². The van der Waals surface area contributed by atoms with E-state index < -0.39 is 17.0 Å². The number of hydrogen-bond donors (Lipinski definition) is 2. The molecule has 2 aromatic heterocycles. The number of aromatic nitrogens is 4. The molecule has 0 fully saturated rings. The molecule has 3 aromatic rings. The van der Waals surface area contributed by atoms with Crippen molar-refractivity contribution in [2.75, 3.05) is 5.32 Å². The number of rotatable bonds is 7. The standard InChI is InChI=1S/C17H17FN6O2S2/c1-10(14(25)21-16-19-7-8-27-16)28-17-23-22-13(24(17)2)9-20-15(26)11-5-3-4-6-12(11)18/h3-8,10H,9H2,1-2H3,(H,20,26)(H,19,21,25)/t10-/m0/s1. The molecule has 8 nitrogen and oxygen atoms in total. The molecule has 0 bridgehead atoms. The second-order valence-corrected chi connectivity index (χ2v) is 7.91. The topological polar surface area (TPSA) is 102 Å². The van der Waals surface area contributed by atoms with Crippen LogP contribution >= 0.6 is 23.1 Å². The monoisotopic (exact) mass is 420 g/mol. The third-order valence-electron chi connectivity index (χ3n) is 3.76. The molecule has 0 spiro atoms. The molecule has 1 aromatic carbocycles. The molecule has 0 saturated carbocycles. The Balaban J connectivity index is 1.58. The van der Waals surface area contributed by atoms with Gasteiger partial charge in [0.05, 0.1) is 17.4 Å². The minimum absolute atomic E-state index is 0.0354. The molecular weight excluding hydrogens is 403 g/mol. The van der Waals surface area contributed by atoms with Gasteiger partial charge in [0.15, 0.2) is 16.1 Å². The summed E-state index contributed by atoms with van der Waals surface area (Å²) in [5.74, 6) is -0.835. The Bertz CT molecular complexity index is 976. The molecule has 146 valence electrons. The summed E-state index contributed by atoms with van der Waals surface area (Å²) >= 11 is 2.57. The molecular formula is C17H17FN6O2S2. The molecule has 0 aliphatic heterocycles. The van der Waals surface area contributed by atoms with Crippen LogP contribution in [0.4, 0.5) is 9.52 Å². The van der Waals surface area contributed by atoms with Gasteiger partial charge in [-0.1, -0.05) is 23.9 Å². The van der Waals surface area contributed by atoms with Crippen LogP contribution in [-0.4, -0.2) is 36.8 Å². The Morgan fingerprint density at radius 2 is 2.11 bits per heavy atom. The Morgan fingerprint density at radius 1 is 1.32 bits per heavy atom. The number of benzene rings is 1. The molecule has 11 heteroatoms. The van der Waals surface area contributed by atoms with Gasteiger partial charge < -0.3 is 15.2 Å². The second kappa shape index (κ2) is 8.93. The van der Waals surface area contributed by atoms with Gasteiger partial charge in [0.1, 0.15) is 5.82 Å². The van der Waals surface area contributed by atoms with Gasteiger partial charge in [-0.2, -0.15) is 0 Å². The van der Waals surface area contributed by atoms with Gasteiger partial charge in [-0.3, -0.25) is 9.59 Å². The number of thiazole rings is 1. The van der Waals surface area contributed by atoms with Crippen LogP contribution in [0.2, 0.25) is 0 Å². The maximum atomic E-state index is 13.7. The van der Waals surface area contributed by atoms with Gasteiger partial charge in [0, 0.05) is 18.6 Å². The lowest BCUT2D eigenvalue weighted by atomic mass is 10.2. The van der Waals surface area contributed by atoms with E-state index in [1.54, 1.807) is 36.2 Å². The van der Waals surface area contributed by atoms with E-state index in [1.165, 1.54) is 41.3 Å². The Hall–Kier alpha value is -2.79. The predicted octanol–water partition coefficient (Wildman–Crippen LogP) is 2.46. The van der Waals surface area contributed by atoms with E-state index in [4.69, 9.17) is 0 Å². The molecule has 0 radical (unpaired) electrons. The minimum atomic E-state index is -0.589. The van der Waals surface area contributed by atoms with E-state index in [2.05, 4.69) is 25.8 Å². The van der Waals surface area contributed by atoms with Crippen LogP contribution in [0.1, 0.15) is 23.1 Å². The van der Waals surface area contributed by atoms with Crippen molar-refractivity contribution < 1.29 is 14.0 Å². The number of carbonyl (C=O) groups is 2. The van der Waals surface area contributed by atoms with Crippen molar-refractivity contribution in [3.8, 4) is 0 Å². The third-order valence-corrected chi connectivity index (χ3v) is 5.59. The molecule has 2 heterocycles. The largest absolute Gasteiger partial charge is 0.345 e. The third kappa shape index (κ3) is 4.73. The highest BCUT2D eigenvalue weighted by Gasteiger charge is 2.20. The predicted molar refractivity (Wildman–Crippen MR) is 105 cm³/mol. The molecule has 2 N–H and O–H groups in total. The van der Waals surface area contributed by atoms with E-state index in [0.717, 1.165) is 0 Å². The molecule has 2 amide bonds. The van der Waals surface area contributed by atoms with Crippen molar-refractivity contribution >= 4 is 40.0 Å². The van der Waals surface area contributed by atoms with E-state index >= 15 is 0 Å². The van der Waals surface area contributed by atoms with Gasteiger partial charge >= 0.3 is 0 Å². The van der Waals surface area contributed by atoms with Crippen molar-refractivity contribution in [2.45, 2.75) is 23.9 Å². The molecule has 3 rings (SSSR count). The summed E-state index contributed by atoms with van der Waals surface area (Å²) in [4.78, 5) is 28.3. The SMILES string of the molecule is C[C@H](Sc1nnc(CNC(=O)c2ccccc2F)n1C)C(=O)Nc1nccs1. The number of hydrogen-bond acceptors (Lipinski definition) is 7. The number of carbonyl (C=O) groups excluding carboxylic acids is 2. The lowest BCUT2D eigenvalue weighted by molar-refractivity contribution is -0.115. The maximum Gasteiger partial charge on any atom is 0.254 e. The first-order chi connectivity index (χ1) is 13.5. The fourth-order valence-corrected chi connectivity index (χ4v) is 3.57. The number of amides is 2. The summed E-state index contributed by atoms with van der Waals surface area (Å²) in [6, 6.07) is 5.74. The van der Waals surface area contributed by atoms with Gasteiger partial charge in [0.25, 0.3) is 5.91 Å². The number of thioether (sulfide) groups is 1. The second-order valence-electron chi connectivity index (χ2n) is 5.71. The summed E-state index contributed by atoms with van der Waals surface area (Å²) in [6.07, 6.45) is 1.61. The fourth-order valence-electron chi connectivity index (χ4n) is 2.21.